The number of amides is 1. The van der Waals surface area contributed by atoms with Gasteiger partial charge in [0.2, 0.25) is 5.91 Å². The SMILES string of the molecule is CC1(C)C(=O)NN/C1=C\c1cccc2cccc(Br)c12. The minimum absolute atomic E-state index is 0.0111. The Morgan fingerprint density at radius 2 is 1.80 bits per heavy atom. The van der Waals surface area contributed by atoms with E-state index >= 15 is 0 Å². The van der Waals surface area contributed by atoms with Gasteiger partial charge in [-0.3, -0.25) is 10.2 Å². The number of fused-ring (bicyclic) bond motifs is 1. The second-order valence-electron chi connectivity index (χ2n) is 5.45. The maximum Gasteiger partial charge on any atom is 0.249 e. The Hall–Kier alpha value is -1.81. The molecule has 4 heteroatoms. The maximum atomic E-state index is 11.8. The highest BCUT2D eigenvalue weighted by Gasteiger charge is 2.37. The molecule has 1 amide bonds. The van der Waals surface area contributed by atoms with Crippen LogP contribution in [-0.2, 0) is 4.79 Å². The Kier molecular flexibility index (Phi) is 3.05. The maximum absolute atomic E-state index is 11.8. The van der Waals surface area contributed by atoms with Gasteiger partial charge in [-0.25, -0.2) is 0 Å². The summed E-state index contributed by atoms with van der Waals surface area (Å²) >= 11 is 3.61. The molecule has 2 aromatic rings. The molecular formula is C16H15BrN2O. The lowest BCUT2D eigenvalue weighted by Crippen LogP contribution is -2.28. The fourth-order valence-corrected chi connectivity index (χ4v) is 2.98. The molecule has 102 valence electrons. The third-order valence-corrected chi connectivity index (χ3v) is 4.40. The summed E-state index contributed by atoms with van der Waals surface area (Å²) in [7, 11) is 0. The average Bonchev–Trinajstić information content (AvgIpc) is 2.66. The normalized spacial score (nSPS) is 19.1. The van der Waals surface area contributed by atoms with Crippen LogP contribution in [0.1, 0.15) is 19.4 Å². The van der Waals surface area contributed by atoms with Crippen LogP contribution in [0, 0.1) is 5.41 Å². The van der Waals surface area contributed by atoms with Gasteiger partial charge in [0.25, 0.3) is 0 Å². The van der Waals surface area contributed by atoms with Crippen molar-refractivity contribution in [3.63, 3.8) is 0 Å². The minimum Gasteiger partial charge on any atom is -0.302 e. The molecule has 3 nitrogen and oxygen atoms in total. The summed E-state index contributed by atoms with van der Waals surface area (Å²) in [5.41, 5.74) is 7.08. The molecule has 0 bridgehead atoms. The third-order valence-electron chi connectivity index (χ3n) is 3.74. The summed E-state index contributed by atoms with van der Waals surface area (Å²) in [6.45, 7) is 3.82. The lowest BCUT2D eigenvalue weighted by Gasteiger charge is -2.15. The van der Waals surface area contributed by atoms with Gasteiger partial charge >= 0.3 is 0 Å². The highest BCUT2D eigenvalue weighted by molar-refractivity contribution is 9.10. The summed E-state index contributed by atoms with van der Waals surface area (Å²) in [5.74, 6) is -0.0111. The van der Waals surface area contributed by atoms with Gasteiger partial charge < -0.3 is 5.43 Å². The summed E-state index contributed by atoms with van der Waals surface area (Å²) < 4.78 is 1.05. The predicted molar refractivity (Wildman–Crippen MR) is 84.7 cm³/mol. The first kappa shape index (κ1) is 13.2. The van der Waals surface area contributed by atoms with Gasteiger partial charge in [-0.2, -0.15) is 0 Å². The molecule has 0 spiro atoms. The molecule has 1 aliphatic rings. The van der Waals surface area contributed by atoms with Gasteiger partial charge in [-0.15, -0.1) is 0 Å². The molecule has 1 saturated heterocycles. The predicted octanol–water partition coefficient (Wildman–Crippen LogP) is 3.60. The molecule has 0 unspecified atom stereocenters. The Bertz CT molecular complexity index is 729. The van der Waals surface area contributed by atoms with Crippen molar-refractivity contribution in [1.29, 1.82) is 0 Å². The van der Waals surface area contributed by atoms with Crippen LogP contribution >= 0.6 is 15.9 Å². The first-order valence-electron chi connectivity index (χ1n) is 6.46. The number of nitrogens with one attached hydrogen (secondary N) is 2. The van der Waals surface area contributed by atoms with Crippen molar-refractivity contribution in [2.75, 3.05) is 0 Å². The van der Waals surface area contributed by atoms with Gasteiger partial charge in [0.05, 0.1) is 5.41 Å². The van der Waals surface area contributed by atoms with Crippen molar-refractivity contribution < 1.29 is 4.79 Å². The first-order valence-corrected chi connectivity index (χ1v) is 7.25. The molecule has 0 atom stereocenters. The zero-order valence-electron chi connectivity index (χ0n) is 11.3. The van der Waals surface area contributed by atoms with E-state index in [0.29, 0.717) is 0 Å². The van der Waals surface area contributed by atoms with Crippen molar-refractivity contribution in [2.45, 2.75) is 13.8 Å². The topological polar surface area (TPSA) is 41.1 Å². The van der Waals surface area contributed by atoms with E-state index in [1.807, 2.05) is 38.1 Å². The van der Waals surface area contributed by atoms with Crippen LogP contribution in [0.15, 0.2) is 46.6 Å². The number of hydrazine groups is 1. The zero-order chi connectivity index (χ0) is 14.3. The summed E-state index contributed by atoms with van der Waals surface area (Å²) in [6.07, 6.45) is 2.03. The lowest BCUT2D eigenvalue weighted by atomic mass is 9.88. The number of halogens is 1. The molecular weight excluding hydrogens is 316 g/mol. The highest BCUT2D eigenvalue weighted by atomic mass is 79.9. The average molecular weight is 331 g/mol. The highest BCUT2D eigenvalue weighted by Crippen LogP contribution is 2.33. The first-order chi connectivity index (χ1) is 9.50. The molecule has 1 heterocycles. The van der Waals surface area contributed by atoms with Gasteiger partial charge in [0.1, 0.15) is 0 Å². The summed E-state index contributed by atoms with van der Waals surface area (Å²) in [4.78, 5) is 11.8. The molecule has 0 aromatic heterocycles. The lowest BCUT2D eigenvalue weighted by molar-refractivity contribution is -0.125. The van der Waals surface area contributed by atoms with E-state index in [1.54, 1.807) is 0 Å². The fourth-order valence-electron chi connectivity index (χ4n) is 2.37. The molecule has 0 radical (unpaired) electrons. The Balaban J connectivity index is 2.19. The van der Waals surface area contributed by atoms with Crippen LogP contribution in [-0.4, -0.2) is 5.91 Å². The van der Waals surface area contributed by atoms with Crippen molar-refractivity contribution in [3.05, 3.63) is 52.1 Å². The number of hydrogen-bond acceptors (Lipinski definition) is 2. The number of hydrogen-bond donors (Lipinski definition) is 2. The van der Waals surface area contributed by atoms with Crippen LogP contribution in [0.4, 0.5) is 0 Å². The van der Waals surface area contributed by atoms with Crippen molar-refractivity contribution in [1.82, 2.24) is 10.9 Å². The molecule has 3 rings (SSSR count). The molecule has 1 aliphatic heterocycles. The monoisotopic (exact) mass is 330 g/mol. The molecule has 2 aromatic carbocycles. The molecule has 0 aliphatic carbocycles. The second-order valence-corrected chi connectivity index (χ2v) is 6.30. The number of carbonyl (C=O) groups is 1. The summed E-state index contributed by atoms with van der Waals surface area (Å²) in [5, 5.41) is 2.32. The molecule has 1 fully saturated rings. The smallest absolute Gasteiger partial charge is 0.249 e. The van der Waals surface area contributed by atoms with Crippen LogP contribution in [0.5, 0.6) is 0 Å². The van der Waals surface area contributed by atoms with Crippen LogP contribution in [0.25, 0.3) is 16.8 Å². The third kappa shape index (κ3) is 2.00. The van der Waals surface area contributed by atoms with E-state index < -0.39 is 5.41 Å². The molecule has 0 saturated carbocycles. The quantitative estimate of drug-likeness (QED) is 0.838. The Morgan fingerprint density at radius 1 is 1.10 bits per heavy atom. The Labute approximate surface area is 126 Å². The second kappa shape index (κ2) is 4.63. The zero-order valence-corrected chi connectivity index (χ0v) is 12.9. The van der Waals surface area contributed by atoms with Crippen LogP contribution in [0.3, 0.4) is 0 Å². The van der Waals surface area contributed by atoms with Gasteiger partial charge in [-0.1, -0.05) is 46.3 Å². The van der Waals surface area contributed by atoms with Gasteiger partial charge in [0, 0.05) is 15.6 Å². The van der Waals surface area contributed by atoms with Crippen molar-refractivity contribution in [3.8, 4) is 0 Å². The standard InChI is InChI=1S/C16H15BrN2O/c1-16(2)13(18-19-15(16)20)9-11-7-3-5-10-6-4-8-12(17)14(10)11/h3-9,18H,1-2H3,(H,19,20)/b13-9-. The number of rotatable bonds is 1. The largest absolute Gasteiger partial charge is 0.302 e. The minimum atomic E-state index is -0.538. The van der Waals surface area contributed by atoms with E-state index in [-0.39, 0.29) is 5.91 Å². The van der Waals surface area contributed by atoms with E-state index in [2.05, 4.69) is 45.0 Å². The number of carbonyl (C=O) groups excluding carboxylic acids is 1. The molecule has 2 N–H and O–H groups in total. The molecule has 20 heavy (non-hydrogen) atoms. The Morgan fingerprint density at radius 3 is 2.45 bits per heavy atom. The van der Waals surface area contributed by atoms with E-state index in [9.17, 15) is 4.79 Å². The van der Waals surface area contributed by atoms with Crippen LogP contribution < -0.4 is 10.9 Å². The fraction of sp³-hybridized carbons (Fsp3) is 0.188. The number of benzene rings is 2. The van der Waals surface area contributed by atoms with E-state index in [0.717, 1.165) is 21.1 Å². The van der Waals surface area contributed by atoms with Gasteiger partial charge in [0.15, 0.2) is 0 Å². The van der Waals surface area contributed by atoms with Crippen molar-refractivity contribution in [2.24, 2.45) is 5.41 Å². The van der Waals surface area contributed by atoms with E-state index in [4.69, 9.17) is 0 Å². The van der Waals surface area contributed by atoms with Gasteiger partial charge in [-0.05, 0) is 36.9 Å². The van der Waals surface area contributed by atoms with E-state index in [1.165, 1.54) is 5.39 Å². The van der Waals surface area contributed by atoms with Crippen molar-refractivity contribution >= 4 is 38.7 Å². The summed E-state index contributed by atoms with van der Waals surface area (Å²) in [6, 6.07) is 12.3. The van der Waals surface area contributed by atoms with Crippen LogP contribution in [0.2, 0.25) is 0 Å².